The minimum absolute atomic E-state index is 0.216. The monoisotopic (exact) mass is 227 g/mol. The molecule has 0 aromatic heterocycles. The summed E-state index contributed by atoms with van der Waals surface area (Å²) in [6.07, 6.45) is 6.72. The van der Waals surface area contributed by atoms with Crippen molar-refractivity contribution >= 4 is 5.91 Å². The second kappa shape index (κ2) is 4.36. The first-order chi connectivity index (χ1) is 8.33. The summed E-state index contributed by atoms with van der Waals surface area (Å²) in [5.41, 5.74) is 1.17. The maximum atomic E-state index is 12.1. The molecule has 0 saturated heterocycles. The molecular weight excluding hydrogens is 210 g/mol. The van der Waals surface area contributed by atoms with Gasteiger partial charge in [-0.25, -0.2) is 0 Å². The van der Waals surface area contributed by atoms with Gasteiger partial charge in [0, 0.05) is 12.5 Å². The van der Waals surface area contributed by atoms with Gasteiger partial charge in [0.05, 0.1) is 0 Å². The summed E-state index contributed by atoms with van der Waals surface area (Å²) in [7, 11) is 0. The van der Waals surface area contributed by atoms with E-state index in [1.807, 2.05) is 30.3 Å². The van der Waals surface area contributed by atoms with Crippen molar-refractivity contribution in [1.82, 2.24) is 5.32 Å². The Morgan fingerprint density at radius 1 is 1.18 bits per heavy atom. The Morgan fingerprint density at radius 2 is 2.00 bits per heavy atom. The number of amides is 1. The van der Waals surface area contributed by atoms with Gasteiger partial charge in [0.1, 0.15) is 0 Å². The summed E-state index contributed by atoms with van der Waals surface area (Å²) in [6, 6.07) is 10.1. The van der Waals surface area contributed by atoms with E-state index < -0.39 is 0 Å². The van der Waals surface area contributed by atoms with Crippen molar-refractivity contribution in [3.05, 3.63) is 48.0 Å². The first kappa shape index (κ1) is 10.6. The molecule has 17 heavy (non-hydrogen) atoms. The van der Waals surface area contributed by atoms with Crippen molar-refractivity contribution in [1.29, 1.82) is 0 Å². The van der Waals surface area contributed by atoms with Gasteiger partial charge in [-0.05, 0) is 30.2 Å². The molecule has 2 nitrogen and oxygen atoms in total. The predicted octanol–water partition coefficient (Wildman–Crippen LogP) is 2.52. The van der Waals surface area contributed by atoms with Gasteiger partial charge in [-0.3, -0.25) is 4.79 Å². The summed E-state index contributed by atoms with van der Waals surface area (Å²) >= 11 is 0. The Kier molecular flexibility index (Phi) is 2.71. The first-order valence-corrected chi connectivity index (χ1v) is 6.33. The molecule has 88 valence electrons. The fourth-order valence-electron chi connectivity index (χ4n) is 3.00. The second-order valence-corrected chi connectivity index (χ2v) is 5.09. The number of carbonyl (C=O) groups is 1. The van der Waals surface area contributed by atoms with Gasteiger partial charge in [0.25, 0.3) is 0 Å². The minimum Gasteiger partial charge on any atom is -0.352 e. The lowest BCUT2D eigenvalue weighted by Gasteiger charge is -2.17. The summed E-state index contributed by atoms with van der Waals surface area (Å²) < 4.78 is 0. The van der Waals surface area contributed by atoms with Gasteiger partial charge in [-0.15, -0.1) is 0 Å². The van der Waals surface area contributed by atoms with Gasteiger partial charge in [-0.2, -0.15) is 0 Å². The van der Waals surface area contributed by atoms with E-state index in [9.17, 15) is 4.79 Å². The highest BCUT2D eigenvalue weighted by atomic mass is 16.1. The Bertz CT molecular complexity index is 437. The Labute approximate surface area is 102 Å². The topological polar surface area (TPSA) is 29.1 Å². The molecule has 1 saturated carbocycles. The number of hydrogen-bond acceptors (Lipinski definition) is 1. The van der Waals surface area contributed by atoms with E-state index in [4.69, 9.17) is 0 Å². The van der Waals surface area contributed by atoms with Gasteiger partial charge in [0.15, 0.2) is 0 Å². The molecular formula is C15H17NO. The standard InChI is InChI=1S/C15H17NO/c17-15(14-9-12-6-7-13(14)8-12)16-10-11-4-2-1-3-5-11/h1-7,12-14H,8-10H2,(H,16,17). The van der Waals surface area contributed by atoms with Crippen molar-refractivity contribution in [2.24, 2.45) is 17.8 Å². The molecule has 3 atom stereocenters. The minimum atomic E-state index is 0.216. The molecule has 3 unspecified atom stereocenters. The van der Waals surface area contributed by atoms with Crippen LogP contribution in [0.25, 0.3) is 0 Å². The van der Waals surface area contributed by atoms with E-state index in [-0.39, 0.29) is 11.8 Å². The number of nitrogens with one attached hydrogen (secondary N) is 1. The molecule has 1 fully saturated rings. The van der Waals surface area contributed by atoms with Gasteiger partial charge in [0.2, 0.25) is 5.91 Å². The van der Waals surface area contributed by atoms with E-state index in [0.29, 0.717) is 18.4 Å². The third-order valence-electron chi connectivity index (χ3n) is 3.93. The number of benzene rings is 1. The zero-order valence-corrected chi connectivity index (χ0v) is 9.80. The maximum Gasteiger partial charge on any atom is 0.223 e. The van der Waals surface area contributed by atoms with Crippen molar-refractivity contribution in [3.63, 3.8) is 0 Å². The van der Waals surface area contributed by atoms with E-state index in [2.05, 4.69) is 17.5 Å². The van der Waals surface area contributed by atoms with Crippen LogP contribution < -0.4 is 5.32 Å². The lowest BCUT2D eigenvalue weighted by molar-refractivity contribution is -0.125. The molecule has 2 aliphatic carbocycles. The summed E-state index contributed by atoms with van der Waals surface area (Å²) in [5, 5.41) is 3.05. The third kappa shape index (κ3) is 2.12. The van der Waals surface area contributed by atoms with Crippen LogP contribution in [0.5, 0.6) is 0 Å². The van der Waals surface area contributed by atoms with Gasteiger partial charge < -0.3 is 5.32 Å². The van der Waals surface area contributed by atoms with Crippen LogP contribution >= 0.6 is 0 Å². The van der Waals surface area contributed by atoms with E-state index in [0.717, 1.165) is 6.42 Å². The van der Waals surface area contributed by atoms with Crippen molar-refractivity contribution in [2.75, 3.05) is 0 Å². The maximum absolute atomic E-state index is 12.1. The second-order valence-electron chi connectivity index (χ2n) is 5.09. The van der Waals surface area contributed by atoms with Gasteiger partial charge >= 0.3 is 0 Å². The van der Waals surface area contributed by atoms with Gasteiger partial charge in [-0.1, -0.05) is 42.5 Å². The van der Waals surface area contributed by atoms with E-state index in [1.54, 1.807) is 0 Å². The predicted molar refractivity (Wildman–Crippen MR) is 67.1 cm³/mol. The fraction of sp³-hybridized carbons (Fsp3) is 0.400. The molecule has 2 aliphatic rings. The highest BCUT2D eigenvalue weighted by Crippen LogP contribution is 2.43. The van der Waals surface area contributed by atoms with Crippen LogP contribution in [0, 0.1) is 17.8 Å². The van der Waals surface area contributed by atoms with Crippen LogP contribution in [0.1, 0.15) is 18.4 Å². The summed E-state index contributed by atoms with van der Waals surface area (Å²) in [6.45, 7) is 0.650. The van der Waals surface area contributed by atoms with Crippen molar-refractivity contribution < 1.29 is 4.79 Å². The molecule has 2 heteroatoms. The van der Waals surface area contributed by atoms with Crippen LogP contribution in [0.15, 0.2) is 42.5 Å². The van der Waals surface area contributed by atoms with E-state index in [1.165, 1.54) is 12.0 Å². The largest absolute Gasteiger partial charge is 0.352 e. The smallest absolute Gasteiger partial charge is 0.223 e. The summed E-state index contributed by atoms with van der Waals surface area (Å²) in [4.78, 5) is 12.1. The Hall–Kier alpha value is -1.57. The Morgan fingerprint density at radius 3 is 2.65 bits per heavy atom. The molecule has 2 bridgehead atoms. The quantitative estimate of drug-likeness (QED) is 0.790. The number of hydrogen-bond donors (Lipinski definition) is 1. The zero-order chi connectivity index (χ0) is 11.7. The fourth-order valence-corrected chi connectivity index (χ4v) is 3.00. The SMILES string of the molecule is O=C(NCc1ccccc1)C1CC2C=CC1C2. The lowest BCUT2D eigenvalue weighted by atomic mass is 9.93. The average Bonchev–Trinajstić information content (AvgIpc) is 2.99. The van der Waals surface area contributed by atoms with Crippen LogP contribution in [-0.2, 0) is 11.3 Å². The highest BCUT2D eigenvalue weighted by molar-refractivity contribution is 5.79. The van der Waals surface area contributed by atoms with E-state index >= 15 is 0 Å². The van der Waals surface area contributed by atoms with Crippen LogP contribution in [-0.4, -0.2) is 5.91 Å². The molecule has 0 heterocycles. The summed E-state index contributed by atoms with van der Waals surface area (Å²) in [5.74, 6) is 1.60. The molecule has 1 amide bonds. The highest BCUT2D eigenvalue weighted by Gasteiger charge is 2.39. The molecule has 1 aromatic carbocycles. The molecule has 1 N–H and O–H groups in total. The molecule has 0 radical (unpaired) electrons. The number of carbonyl (C=O) groups excluding carboxylic acids is 1. The zero-order valence-electron chi connectivity index (χ0n) is 9.80. The van der Waals surface area contributed by atoms with Crippen LogP contribution in [0.2, 0.25) is 0 Å². The van der Waals surface area contributed by atoms with Crippen molar-refractivity contribution in [2.45, 2.75) is 19.4 Å². The molecule has 1 aromatic rings. The number of allylic oxidation sites excluding steroid dienone is 2. The third-order valence-corrected chi connectivity index (χ3v) is 3.93. The molecule has 0 aliphatic heterocycles. The number of rotatable bonds is 3. The molecule has 3 rings (SSSR count). The van der Waals surface area contributed by atoms with Crippen LogP contribution in [0.4, 0.5) is 0 Å². The average molecular weight is 227 g/mol. The van der Waals surface area contributed by atoms with Crippen LogP contribution in [0.3, 0.4) is 0 Å². The number of fused-ring (bicyclic) bond motifs is 2. The Balaban J connectivity index is 1.56. The molecule has 0 spiro atoms. The normalized spacial score (nSPS) is 29.5. The van der Waals surface area contributed by atoms with Crippen molar-refractivity contribution in [3.8, 4) is 0 Å². The first-order valence-electron chi connectivity index (χ1n) is 6.33. The lowest BCUT2D eigenvalue weighted by Crippen LogP contribution is -2.32.